The minimum Gasteiger partial charge on any atom is -0.507 e. The van der Waals surface area contributed by atoms with Gasteiger partial charge >= 0.3 is 0 Å². The molecule has 0 amide bonds. The molecule has 1 heterocycles. The van der Waals surface area contributed by atoms with Crippen LogP contribution in [-0.2, 0) is 20.7 Å². The predicted molar refractivity (Wildman–Crippen MR) is 135 cm³/mol. The maximum atomic E-state index is 13.7. The standard InChI is InChI=1S/C28H31NO10/c1-11-12(2)38-19(7-15(11)29)39-17-9-28(36,18(31)10-30)8-14-21(17)27(35)23-22(25(14)33)24(32)13-5-4-6-16(37-3)20(13)26(23)34/h4-6,11-12,15,17,19,30,33,35-36H,7-10,29H2,1-3H3/t11-,12?,15?,17+,19+,28+/m1/s1. The number of carbonyl (C=O) groups excluding carboxylic acids is 3. The topological polar surface area (TPSA) is 186 Å². The quantitative estimate of drug-likeness (QED) is 0.293. The van der Waals surface area contributed by atoms with E-state index in [1.165, 1.54) is 25.3 Å². The number of benzene rings is 2. The number of nitrogens with two attached hydrogens (primary N) is 1. The zero-order valence-corrected chi connectivity index (χ0v) is 21.8. The smallest absolute Gasteiger partial charge is 0.202 e. The molecule has 0 radical (unpaired) electrons. The molecule has 2 unspecified atom stereocenters. The average molecular weight is 542 g/mol. The van der Waals surface area contributed by atoms with Crippen molar-refractivity contribution >= 4 is 17.3 Å². The molecule has 11 heteroatoms. The van der Waals surface area contributed by atoms with Gasteiger partial charge in [0, 0.05) is 42.0 Å². The summed E-state index contributed by atoms with van der Waals surface area (Å²) in [7, 11) is 1.34. The van der Waals surface area contributed by atoms with Gasteiger partial charge in [0.1, 0.15) is 29.5 Å². The minimum absolute atomic E-state index is 0.0274. The molecular weight excluding hydrogens is 510 g/mol. The predicted octanol–water partition coefficient (Wildman–Crippen LogP) is 1.28. The number of aliphatic hydroxyl groups excluding tert-OH is 1. The Morgan fingerprint density at radius 2 is 1.82 bits per heavy atom. The lowest BCUT2D eigenvalue weighted by Crippen LogP contribution is -2.50. The van der Waals surface area contributed by atoms with E-state index < -0.39 is 77.4 Å². The Hall–Kier alpha value is -3.35. The molecule has 5 rings (SSSR count). The van der Waals surface area contributed by atoms with Crippen molar-refractivity contribution in [2.45, 2.75) is 63.3 Å². The number of ether oxygens (including phenoxy) is 3. The van der Waals surface area contributed by atoms with Crippen LogP contribution in [0.5, 0.6) is 17.2 Å². The number of Topliss-reactive ketones (excluding diaryl/α,β-unsaturated/α-hetero) is 1. The van der Waals surface area contributed by atoms with E-state index in [4.69, 9.17) is 19.9 Å². The third-order valence-electron chi connectivity index (χ3n) is 8.30. The minimum atomic E-state index is -2.19. The summed E-state index contributed by atoms with van der Waals surface area (Å²) in [5.74, 6) is -3.53. The number of hydrogen-bond acceptors (Lipinski definition) is 11. The van der Waals surface area contributed by atoms with E-state index in [2.05, 4.69) is 0 Å². The van der Waals surface area contributed by atoms with Gasteiger partial charge in [0.05, 0.1) is 36.0 Å². The van der Waals surface area contributed by atoms with Crippen LogP contribution in [0.1, 0.15) is 75.8 Å². The van der Waals surface area contributed by atoms with E-state index in [9.17, 15) is 34.8 Å². The Kier molecular flexibility index (Phi) is 6.76. The van der Waals surface area contributed by atoms with Gasteiger partial charge in [0.25, 0.3) is 0 Å². The van der Waals surface area contributed by atoms with Gasteiger partial charge in [-0.05, 0) is 18.9 Å². The van der Waals surface area contributed by atoms with E-state index in [0.29, 0.717) is 0 Å². The molecule has 39 heavy (non-hydrogen) atoms. The number of aliphatic hydroxyl groups is 2. The van der Waals surface area contributed by atoms with Crippen molar-refractivity contribution in [3.05, 3.63) is 51.6 Å². The number of aromatic hydroxyl groups is 2. The van der Waals surface area contributed by atoms with Crippen LogP contribution in [0.3, 0.4) is 0 Å². The van der Waals surface area contributed by atoms with Crippen molar-refractivity contribution in [1.82, 2.24) is 0 Å². The Labute approximate surface area is 224 Å². The number of ketones is 3. The van der Waals surface area contributed by atoms with Crippen molar-refractivity contribution in [2.24, 2.45) is 11.7 Å². The van der Waals surface area contributed by atoms with Gasteiger partial charge in [-0.25, -0.2) is 0 Å². The van der Waals surface area contributed by atoms with E-state index >= 15 is 0 Å². The first-order chi connectivity index (χ1) is 18.4. The number of methoxy groups -OCH3 is 1. The first kappa shape index (κ1) is 27.2. The molecule has 208 valence electrons. The van der Waals surface area contributed by atoms with Crippen LogP contribution in [0.25, 0.3) is 0 Å². The van der Waals surface area contributed by atoms with Crippen LogP contribution in [0.15, 0.2) is 18.2 Å². The average Bonchev–Trinajstić information content (AvgIpc) is 2.90. The van der Waals surface area contributed by atoms with Crippen LogP contribution in [0, 0.1) is 5.92 Å². The molecule has 1 saturated heterocycles. The normalized spacial score (nSPS) is 29.8. The number of phenolic OH excluding ortho intramolecular Hbond substituents is 2. The molecule has 2 aromatic rings. The number of fused-ring (bicyclic) bond motifs is 3. The van der Waals surface area contributed by atoms with Crippen molar-refractivity contribution in [1.29, 1.82) is 0 Å². The Morgan fingerprint density at radius 1 is 1.13 bits per heavy atom. The van der Waals surface area contributed by atoms with Crippen molar-refractivity contribution < 1.29 is 49.0 Å². The molecule has 0 spiro atoms. The fourth-order valence-electron chi connectivity index (χ4n) is 5.87. The van der Waals surface area contributed by atoms with Crippen molar-refractivity contribution in [3.63, 3.8) is 0 Å². The number of carbonyl (C=O) groups is 3. The molecule has 2 aliphatic carbocycles. The third-order valence-corrected chi connectivity index (χ3v) is 8.30. The molecule has 11 nitrogen and oxygen atoms in total. The summed E-state index contributed by atoms with van der Waals surface area (Å²) in [6, 6.07) is 4.14. The summed E-state index contributed by atoms with van der Waals surface area (Å²) in [5.41, 5.74) is 2.91. The van der Waals surface area contributed by atoms with Gasteiger partial charge < -0.3 is 40.4 Å². The first-order valence-corrected chi connectivity index (χ1v) is 12.7. The zero-order chi connectivity index (χ0) is 28.4. The third kappa shape index (κ3) is 4.12. The second kappa shape index (κ2) is 9.68. The monoisotopic (exact) mass is 541 g/mol. The number of hydrogen-bond donors (Lipinski definition) is 5. The van der Waals surface area contributed by atoms with Crippen LogP contribution >= 0.6 is 0 Å². The zero-order valence-electron chi connectivity index (χ0n) is 21.8. The second-order valence-corrected chi connectivity index (χ2v) is 10.5. The summed E-state index contributed by atoms with van der Waals surface area (Å²) in [4.78, 5) is 39.8. The number of rotatable bonds is 5. The highest BCUT2D eigenvalue weighted by Crippen LogP contribution is 2.52. The molecule has 0 bridgehead atoms. The van der Waals surface area contributed by atoms with Gasteiger partial charge in [-0.2, -0.15) is 0 Å². The molecule has 0 aromatic heterocycles. The lowest BCUT2D eigenvalue weighted by atomic mass is 9.72. The highest BCUT2D eigenvalue weighted by molar-refractivity contribution is 6.31. The highest BCUT2D eigenvalue weighted by Gasteiger charge is 2.50. The van der Waals surface area contributed by atoms with Gasteiger partial charge in [-0.3, -0.25) is 14.4 Å². The van der Waals surface area contributed by atoms with Gasteiger partial charge in [0.15, 0.2) is 17.9 Å². The molecule has 0 saturated carbocycles. The van der Waals surface area contributed by atoms with Crippen LogP contribution in [0.4, 0.5) is 0 Å². The second-order valence-electron chi connectivity index (χ2n) is 10.5. The molecule has 6 atom stereocenters. The Morgan fingerprint density at radius 3 is 2.46 bits per heavy atom. The fourth-order valence-corrected chi connectivity index (χ4v) is 5.87. The van der Waals surface area contributed by atoms with Crippen LogP contribution in [0.2, 0.25) is 0 Å². The lowest BCUT2D eigenvalue weighted by molar-refractivity contribution is -0.236. The van der Waals surface area contributed by atoms with Gasteiger partial charge in [0.2, 0.25) is 5.78 Å². The first-order valence-electron chi connectivity index (χ1n) is 12.7. The Balaban J connectivity index is 1.69. The largest absolute Gasteiger partial charge is 0.507 e. The molecule has 1 fully saturated rings. The summed E-state index contributed by atoms with van der Waals surface area (Å²) < 4.78 is 17.4. The van der Waals surface area contributed by atoms with E-state index in [0.717, 1.165) is 0 Å². The van der Waals surface area contributed by atoms with E-state index in [-0.39, 0.29) is 52.5 Å². The molecule has 3 aliphatic rings. The Bertz CT molecular complexity index is 1380. The highest BCUT2D eigenvalue weighted by atomic mass is 16.7. The summed E-state index contributed by atoms with van der Waals surface area (Å²) in [6.45, 7) is 2.78. The molecule has 6 N–H and O–H groups in total. The number of phenols is 2. The van der Waals surface area contributed by atoms with E-state index in [1.54, 1.807) is 0 Å². The van der Waals surface area contributed by atoms with Gasteiger partial charge in [-0.1, -0.05) is 19.1 Å². The maximum Gasteiger partial charge on any atom is 0.202 e. The maximum absolute atomic E-state index is 13.7. The van der Waals surface area contributed by atoms with Crippen LogP contribution in [-0.4, -0.2) is 75.5 Å². The molecule has 2 aromatic carbocycles. The van der Waals surface area contributed by atoms with Crippen molar-refractivity contribution in [2.75, 3.05) is 13.7 Å². The SMILES string of the molecule is COc1cccc2c1C(=O)c1c(O)c3c(c(O)c1C2=O)C[C@@](O)(C(=O)CO)C[C@@H]3O[C@H]1CC(N)[C@H](C)C(C)O1. The molecule has 1 aliphatic heterocycles. The summed E-state index contributed by atoms with van der Waals surface area (Å²) >= 11 is 0. The summed E-state index contributed by atoms with van der Waals surface area (Å²) in [5, 5.41) is 43.7. The van der Waals surface area contributed by atoms with Crippen molar-refractivity contribution in [3.8, 4) is 17.2 Å². The van der Waals surface area contributed by atoms with E-state index in [1.807, 2.05) is 13.8 Å². The molecular formula is C28H31NO10. The summed E-state index contributed by atoms with van der Waals surface area (Å²) in [6.07, 6.45) is -3.11. The van der Waals surface area contributed by atoms with Crippen LogP contribution < -0.4 is 10.5 Å². The fraction of sp³-hybridized carbons (Fsp3) is 0.464. The van der Waals surface area contributed by atoms with Gasteiger partial charge in [-0.15, -0.1) is 0 Å². The lowest BCUT2D eigenvalue weighted by Gasteiger charge is -2.42.